The summed E-state index contributed by atoms with van der Waals surface area (Å²) in [6.07, 6.45) is 14.1. The normalized spacial score (nSPS) is 37.8. The van der Waals surface area contributed by atoms with Crippen LogP contribution in [0.25, 0.3) is 0 Å². The van der Waals surface area contributed by atoms with E-state index in [0.29, 0.717) is 50.6 Å². The summed E-state index contributed by atoms with van der Waals surface area (Å²) in [7, 11) is 6.27. The van der Waals surface area contributed by atoms with Gasteiger partial charge in [-0.15, -0.1) is 0 Å². The molecule has 3 fully saturated rings. The SMILES string of the molecule is COC1CC2CCC(C)C(OC)(CC(=O)N3CCCCC3C(=O)OC(C(C)CC3CCC(O)C(OC)C3)CC(=O)C(C)=CC(C)C(O)C(OC)C(=O)C(C)CC(C)C=CC=CC=C1C)O2. The number of hydrogen-bond donors (Lipinski definition) is 2. The molecule has 2 N–H and O–H groups in total. The zero-order valence-electron chi connectivity index (χ0n) is 41.4. The molecule has 1 saturated carbocycles. The molecule has 0 aromatic rings. The highest BCUT2D eigenvalue weighted by molar-refractivity contribution is 5.95. The van der Waals surface area contributed by atoms with Crippen molar-refractivity contribution in [3.05, 3.63) is 47.6 Å². The summed E-state index contributed by atoms with van der Waals surface area (Å²) in [4.78, 5) is 58.4. The van der Waals surface area contributed by atoms with Gasteiger partial charge in [0, 0.05) is 65.6 Å². The van der Waals surface area contributed by atoms with Gasteiger partial charge in [-0.2, -0.15) is 0 Å². The smallest absolute Gasteiger partial charge is 0.329 e. The van der Waals surface area contributed by atoms with E-state index >= 15 is 0 Å². The number of Topliss-reactive ketones (excluding diaryl/α,β-unsaturated/α-hetero) is 2. The number of hydrogen-bond acceptors (Lipinski definition) is 12. The maximum Gasteiger partial charge on any atom is 0.329 e. The first-order chi connectivity index (χ1) is 30.9. The highest BCUT2D eigenvalue weighted by Gasteiger charge is 2.48. The molecule has 4 rings (SSSR count). The number of esters is 1. The van der Waals surface area contributed by atoms with Crippen LogP contribution in [0.5, 0.6) is 0 Å². The zero-order chi connectivity index (χ0) is 48.0. The molecular formula is C52H83NO12. The molecule has 2 bridgehead atoms. The number of cyclic esters (lactones) is 1. The van der Waals surface area contributed by atoms with Gasteiger partial charge in [0.2, 0.25) is 5.91 Å². The number of allylic oxidation sites excluding steroid dienone is 6. The van der Waals surface area contributed by atoms with Gasteiger partial charge in [-0.1, -0.05) is 71.1 Å². The lowest BCUT2D eigenvalue weighted by Gasteiger charge is -2.46. The second-order valence-electron chi connectivity index (χ2n) is 19.9. The minimum atomic E-state index is -1.21. The summed E-state index contributed by atoms with van der Waals surface area (Å²) in [5, 5.41) is 22.0. The fourth-order valence-corrected chi connectivity index (χ4v) is 10.5. The van der Waals surface area contributed by atoms with E-state index in [1.807, 2.05) is 65.0 Å². The number of methoxy groups -OCH3 is 4. The molecule has 0 aromatic heterocycles. The second kappa shape index (κ2) is 25.9. The summed E-state index contributed by atoms with van der Waals surface area (Å²) in [6, 6.07) is -0.849. The number of aliphatic hydroxyl groups excluding tert-OH is 2. The molecule has 15 unspecified atom stereocenters. The Bertz CT molecular complexity index is 1690. The Labute approximate surface area is 389 Å². The fraction of sp³-hybridized carbons (Fsp3) is 0.769. The molecule has 0 radical (unpaired) electrons. The standard InChI is InChI=1S/C52H83NO12/c1-32-17-13-12-14-18-33(2)44(60-8)29-40-22-20-38(7)52(63-11,65-40)31-47(56)53-24-16-15-19-41(53)51(59)64-45(35(4)27-39-21-23-42(54)46(28-39)61-9)30-43(55)34(3)26-37(6)49(58)50(62-10)48(57)36(5)25-32/h12-14,17-18,26,32,35-42,44-46,49-50,54,58H,15-16,19-25,27-31H2,1-11H3. The number of ether oxygens (including phenoxy) is 6. The number of rotatable bonds is 7. The molecule has 368 valence electrons. The van der Waals surface area contributed by atoms with Crippen LogP contribution in [0.2, 0.25) is 0 Å². The molecule has 1 aliphatic carbocycles. The van der Waals surface area contributed by atoms with Gasteiger partial charge in [0.05, 0.1) is 36.9 Å². The van der Waals surface area contributed by atoms with Crippen molar-refractivity contribution in [3.8, 4) is 0 Å². The van der Waals surface area contributed by atoms with Gasteiger partial charge in [0.1, 0.15) is 18.2 Å². The molecule has 0 aromatic carbocycles. The summed E-state index contributed by atoms with van der Waals surface area (Å²) in [5.74, 6) is -3.61. The van der Waals surface area contributed by atoms with E-state index in [2.05, 4.69) is 0 Å². The fourth-order valence-electron chi connectivity index (χ4n) is 10.5. The third-order valence-corrected chi connectivity index (χ3v) is 14.9. The highest BCUT2D eigenvalue weighted by Crippen LogP contribution is 2.41. The summed E-state index contributed by atoms with van der Waals surface area (Å²) >= 11 is 0. The Morgan fingerprint density at radius 1 is 0.862 bits per heavy atom. The Kier molecular flexibility index (Phi) is 21.8. The van der Waals surface area contributed by atoms with Gasteiger partial charge < -0.3 is 43.5 Å². The minimum absolute atomic E-state index is 0.0633. The number of ketones is 2. The van der Waals surface area contributed by atoms with Crippen LogP contribution in [0.1, 0.15) is 132 Å². The van der Waals surface area contributed by atoms with Crippen LogP contribution in [0, 0.1) is 35.5 Å². The number of fused-ring (bicyclic) bond motifs is 3. The maximum absolute atomic E-state index is 14.5. The summed E-state index contributed by atoms with van der Waals surface area (Å²) in [6.45, 7) is 13.7. The first-order valence-corrected chi connectivity index (χ1v) is 24.3. The zero-order valence-corrected chi connectivity index (χ0v) is 41.4. The number of carbonyl (C=O) groups excluding carboxylic acids is 4. The quantitative estimate of drug-likeness (QED) is 0.240. The lowest BCUT2D eigenvalue weighted by molar-refractivity contribution is -0.297. The van der Waals surface area contributed by atoms with Crippen molar-refractivity contribution < 1.29 is 57.8 Å². The monoisotopic (exact) mass is 914 g/mol. The third-order valence-electron chi connectivity index (χ3n) is 14.9. The van der Waals surface area contributed by atoms with E-state index in [1.165, 1.54) is 7.11 Å². The second-order valence-corrected chi connectivity index (χ2v) is 19.9. The Morgan fingerprint density at radius 3 is 2.28 bits per heavy atom. The summed E-state index contributed by atoms with van der Waals surface area (Å²) in [5.41, 5.74) is 1.39. The van der Waals surface area contributed by atoms with Crippen LogP contribution in [0.15, 0.2) is 47.6 Å². The Hall–Kier alpha value is -3.04. The van der Waals surface area contributed by atoms with E-state index in [9.17, 15) is 29.4 Å². The van der Waals surface area contributed by atoms with Crippen molar-refractivity contribution in [2.24, 2.45) is 35.5 Å². The van der Waals surface area contributed by atoms with Gasteiger partial charge in [0.25, 0.3) is 0 Å². The predicted octanol–water partition coefficient (Wildman–Crippen LogP) is 7.66. The van der Waals surface area contributed by atoms with E-state index in [1.54, 1.807) is 46.2 Å². The third kappa shape index (κ3) is 15.0. The molecule has 2 saturated heterocycles. The molecule has 4 aliphatic rings. The van der Waals surface area contributed by atoms with Crippen molar-refractivity contribution in [1.82, 2.24) is 4.90 Å². The molecule has 3 heterocycles. The first-order valence-electron chi connectivity index (χ1n) is 24.3. The highest BCUT2D eigenvalue weighted by atomic mass is 16.7. The predicted molar refractivity (Wildman–Crippen MR) is 250 cm³/mol. The van der Waals surface area contributed by atoms with Crippen molar-refractivity contribution in [3.63, 3.8) is 0 Å². The lowest BCUT2D eigenvalue weighted by Crippen LogP contribution is -2.55. The van der Waals surface area contributed by atoms with Gasteiger partial charge in [-0.25, -0.2) is 4.79 Å². The summed E-state index contributed by atoms with van der Waals surface area (Å²) < 4.78 is 36.4. The van der Waals surface area contributed by atoms with Crippen molar-refractivity contribution in [2.75, 3.05) is 35.0 Å². The first kappa shape index (κ1) is 54.6. The van der Waals surface area contributed by atoms with Gasteiger partial charge in [0.15, 0.2) is 17.4 Å². The molecule has 15 atom stereocenters. The average molecular weight is 914 g/mol. The number of carbonyl (C=O) groups is 4. The molecule has 65 heavy (non-hydrogen) atoms. The Morgan fingerprint density at radius 2 is 1.60 bits per heavy atom. The molecule has 13 heteroatoms. The van der Waals surface area contributed by atoms with E-state index in [0.717, 1.165) is 37.7 Å². The largest absolute Gasteiger partial charge is 0.460 e. The average Bonchev–Trinajstić information content (AvgIpc) is 3.28. The molecule has 13 nitrogen and oxygen atoms in total. The van der Waals surface area contributed by atoms with E-state index < -0.39 is 54.0 Å². The minimum Gasteiger partial charge on any atom is -0.460 e. The van der Waals surface area contributed by atoms with Gasteiger partial charge in [-0.05, 0) is 107 Å². The number of nitrogens with zero attached hydrogens (tertiary/aromatic N) is 1. The number of amides is 1. The van der Waals surface area contributed by atoms with Crippen LogP contribution in [0.3, 0.4) is 0 Å². The Balaban J connectivity index is 1.69. The van der Waals surface area contributed by atoms with E-state index in [4.69, 9.17) is 28.4 Å². The molecule has 1 amide bonds. The molecule has 0 spiro atoms. The lowest BCUT2D eigenvalue weighted by atomic mass is 9.78. The van der Waals surface area contributed by atoms with Crippen LogP contribution >= 0.6 is 0 Å². The van der Waals surface area contributed by atoms with Crippen molar-refractivity contribution >= 4 is 23.4 Å². The van der Waals surface area contributed by atoms with Crippen LogP contribution in [-0.2, 0) is 47.6 Å². The maximum atomic E-state index is 14.5. The van der Waals surface area contributed by atoms with Gasteiger partial charge in [-0.3, -0.25) is 14.4 Å². The van der Waals surface area contributed by atoms with Gasteiger partial charge >= 0.3 is 5.97 Å². The van der Waals surface area contributed by atoms with E-state index in [-0.39, 0.29) is 72.3 Å². The van der Waals surface area contributed by atoms with Crippen molar-refractivity contribution in [2.45, 2.75) is 186 Å². The molecular weight excluding hydrogens is 831 g/mol. The van der Waals surface area contributed by atoms with Crippen LogP contribution in [-0.4, -0.2) is 128 Å². The topological polar surface area (TPSA) is 167 Å². The van der Waals surface area contributed by atoms with Crippen LogP contribution in [0.4, 0.5) is 0 Å². The molecule has 3 aliphatic heterocycles. The number of piperidine rings is 1. The number of aliphatic hydroxyl groups is 2. The van der Waals surface area contributed by atoms with Crippen LogP contribution < -0.4 is 0 Å². The van der Waals surface area contributed by atoms with Crippen molar-refractivity contribution in [1.29, 1.82) is 0 Å².